The van der Waals surface area contributed by atoms with E-state index in [1.165, 1.54) is 6.20 Å². The molecule has 7 heteroatoms. The van der Waals surface area contributed by atoms with Gasteiger partial charge in [-0.05, 0) is 49.1 Å². The van der Waals surface area contributed by atoms with Gasteiger partial charge in [0.25, 0.3) is 0 Å². The number of nitrogens with zero attached hydrogens (tertiary/aromatic N) is 4. The summed E-state index contributed by atoms with van der Waals surface area (Å²) >= 11 is 0. The van der Waals surface area contributed by atoms with Crippen LogP contribution in [0.25, 0.3) is 5.82 Å². The second-order valence-corrected chi connectivity index (χ2v) is 7.41. The molecule has 0 unspecified atom stereocenters. The third-order valence-corrected chi connectivity index (χ3v) is 5.02. The van der Waals surface area contributed by atoms with Crippen molar-refractivity contribution in [3.05, 3.63) is 65.4 Å². The first-order valence-corrected chi connectivity index (χ1v) is 9.42. The summed E-state index contributed by atoms with van der Waals surface area (Å²) in [6, 6.07) is 7.85. The Bertz CT molecular complexity index is 987. The van der Waals surface area contributed by atoms with E-state index in [-0.39, 0.29) is 11.9 Å². The molecule has 2 aromatic heterocycles. The minimum atomic E-state index is -0.479. The van der Waals surface area contributed by atoms with Crippen LogP contribution in [0.3, 0.4) is 0 Å². The first kappa shape index (κ1) is 18.6. The van der Waals surface area contributed by atoms with E-state index in [0.29, 0.717) is 12.5 Å². The van der Waals surface area contributed by atoms with Gasteiger partial charge in [-0.25, -0.2) is 9.37 Å². The molecular weight excluding hydrogens is 357 g/mol. The van der Waals surface area contributed by atoms with Crippen molar-refractivity contribution in [1.29, 1.82) is 0 Å². The molecular formula is C21H24FN5O. The maximum absolute atomic E-state index is 14.4. The molecule has 0 amide bonds. The number of aromatic nitrogens is 3. The number of anilines is 2. The highest BCUT2D eigenvalue weighted by Crippen LogP contribution is 2.21. The number of halogens is 1. The van der Waals surface area contributed by atoms with Crippen molar-refractivity contribution >= 4 is 11.6 Å². The van der Waals surface area contributed by atoms with Crippen molar-refractivity contribution < 1.29 is 9.50 Å². The lowest BCUT2D eigenvalue weighted by Gasteiger charge is -2.14. The van der Waals surface area contributed by atoms with Crippen LogP contribution in [0.15, 0.2) is 42.9 Å². The van der Waals surface area contributed by atoms with Crippen molar-refractivity contribution in [2.45, 2.75) is 32.9 Å². The third-order valence-electron chi connectivity index (χ3n) is 5.02. The molecule has 4 rings (SSSR count). The summed E-state index contributed by atoms with van der Waals surface area (Å²) in [5.41, 5.74) is 4.13. The number of nitrogens with one attached hydrogen (secondary N) is 1. The summed E-state index contributed by atoms with van der Waals surface area (Å²) in [4.78, 5) is 10.6. The molecule has 1 aliphatic rings. The third kappa shape index (κ3) is 4.05. The van der Waals surface area contributed by atoms with E-state index in [9.17, 15) is 9.50 Å². The average Bonchev–Trinajstić information content (AvgIpc) is 3.23. The van der Waals surface area contributed by atoms with Gasteiger partial charge in [0, 0.05) is 37.7 Å². The molecule has 3 heterocycles. The molecule has 1 saturated heterocycles. The maximum Gasteiger partial charge on any atom is 0.229 e. The maximum atomic E-state index is 14.4. The summed E-state index contributed by atoms with van der Waals surface area (Å²) < 4.78 is 16.1. The monoisotopic (exact) mass is 381 g/mol. The number of β-amino-alcohol motifs (C(OH)–C–C–N with tert-alkyl or cyclic N) is 1. The fraction of sp³-hybridized carbons (Fsp3) is 0.333. The molecule has 1 aliphatic heterocycles. The first-order chi connectivity index (χ1) is 13.5. The van der Waals surface area contributed by atoms with Crippen molar-refractivity contribution in [3.8, 4) is 5.82 Å². The lowest BCUT2D eigenvalue weighted by molar-refractivity contribution is 0.174. The van der Waals surface area contributed by atoms with Crippen LogP contribution in [-0.2, 0) is 6.54 Å². The molecule has 28 heavy (non-hydrogen) atoms. The number of hydrogen-bond donors (Lipinski definition) is 2. The fourth-order valence-corrected chi connectivity index (χ4v) is 3.53. The van der Waals surface area contributed by atoms with Gasteiger partial charge in [0.05, 0.1) is 12.3 Å². The lowest BCUT2D eigenvalue weighted by Crippen LogP contribution is -2.21. The highest BCUT2D eigenvalue weighted by atomic mass is 19.1. The molecule has 146 valence electrons. The summed E-state index contributed by atoms with van der Waals surface area (Å²) in [5, 5.41) is 12.8. The Morgan fingerprint density at radius 2 is 2.14 bits per heavy atom. The number of aliphatic hydroxyl groups excluding tert-OH is 1. The Hall–Kier alpha value is -2.77. The van der Waals surface area contributed by atoms with E-state index in [2.05, 4.69) is 20.2 Å². The van der Waals surface area contributed by atoms with E-state index >= 15 is 0 Å². The van der Waals surface area contributed by atoms with Crippen LogP contribution in [-0.4, -0.2) is 43.7 Å². The van der Waals surface area contributed by atoms with Gasteiger partial charge in [0.2, 0.25) is 5.95 Å². The second-order valence-electron chi connectivity index (χ2n) is 7.41. The van der Waals surface area contributed by atoms with Gasteiger partial charge < -0.3 is 15.0 Å². The molecule has 0 spiro atoms. The Morgan fingerprint density at radius 1 is 1.29 bits per heavy atom. The van der Waals surface area contributed by atoms with Crippen LogP contribution < -0.4 is 5.32 Å². The van der Waals surface area contributed by atoms with Crippen molar-refractivity contribution in [2.24, 2.45) is 0 Å². The zero-order valence-electron chi connectivity index (χ0n) is 16.1. The van der Waals surface area contributed by atoms with E-state index in [4.69, 9.17) is 0 Å². The Morgan fingerprint density at radius 3 is 2.89 bits per heavy atom. The molecule has 0 saturated carbocycles. The van der Waals surface area contributed by atoms with Gasteiger partial charge in [-0.2, -0.15) is 4.98 Å². The zero-order chi connectivity index (χ0) is 19.7. The van der Waals surface area contributed by atoms with Crippen LogP contribution in [0, 0.1) is 19.7 Å². The van der Waals surface area contributed by atoms with Crippen LogP contribution >= 0.6 is 0 Å². The second kappa shape index (κ2) is 7.69. The SMILES string of the molecule is Cc1cccc(Nc2ncc(F)c(-n3cc(C)c(CN4CC[C@@H](O)C4)c3)n2)c1. The lowest BCUT2D eigenvalue weighted by atomic mass is 10.2. The Balaban J connectivity index is 1.57. The van der Waals surface area contributed by atoms with Crippen LogP contribution in [0.2, 0.25) is 0 Å². The number of aryl methyl sites for hydroxylation is 2. The number of likely N-dealkylation sites (tertiary alicyclic amines) is 1. The summed E-state index contributed by atoms with van der Waals surface area (Å²) in [7, 11) is 0. The number of aliphatic hydroxyl groups is 1. The predicted molar refractivity (Wildman–Crippen MR) is 106 cm³/mol. The van der Waals surface area contributed by atoms with E-state index in [1.807, 2.05) is 50.5 Å². The highest BCUT2D eigenvalue weighted by Gasteiger charge is 2.21. The minimum Gasteiger partial charge on any atom is -0.392 e. The average molecular weight is 381 g/mol. The zero-order valence-corrected chi connectivity index (χ0v) is 16.1. The van der Waals surface area contributed by atoms with E-state index in [0.717, 1.165) is 41.9 Å². The van der Waals surface area contributed by atoms with Crippen LogP contribution in [0.5, 0.6) is 0 Å². The van der Waals surface area contributed by atoms with Crippen LogP contribution in [0.1, 0.15) is 23.1 Å². The van der Waals surface area contributed by atoms with Gasteiger partial charge >= 0.3 is 0 Å². The molecule has 1 atom stereocenters. The van der Waals surface area contributed by atoms with Gasteiger partial charge in [-0.1, -0.05) is 12.1 Å². The molecule has 1 aromatic carbocycles. The smallest absolute Gasteiger partial charge is 0.229 e. The largest absolute Gasteiger partial charge is 0.392 e. The highest BCUT2D eigenvalue weighted by molar-refractivity contribution is 5.54. The van der Waals surface area contributed by atoms with E-state index < -0.39 is 5.82 Å². The molecule has 3 aromatic rings. The fourth-order valence-electron chi connectivity index (χ4n) is 3.53. The summed E-state index contributed by atoms with van der Waals surface area (Å²) in [6.45, 7) is 6.29. The van der Waals surface area contributed by atoms with Crippen LogP contribution in [0.4, 0.5) is 16.0 Å². The Labute approximate surface area is 163 Å². The summed E-state index contributed by atoms with van der Waals surface area (Å²) in [5.74, 6) is 0.0754. The molecule has 1 fully saturated rings. The standard InChI is InChI=1S/C21H24FN5O/c1-14-4-3-5-17(8-14)24-21-23-9-19(22)20(25-21)27-10-15(2)16(12-27)11-26-7-6-18(28)13-26/h3-5,8-10,12,18,28H,6-7,11,13H2,1-2H3,(H,23,24,25)/t18-/m1/s1. The molecule has 6 nitrogen and oxygen atoms in total. The van der Waals surface area contributed by atoms with Crippen molar-refractivity contribution in [2.75, 3.05) is 18.4 Å². The molecule has 0 radical (unpaired) electrons. The van der Waals surface area contributed by atoms with Gasteiger partial charge in [-0.15, -0.1) is 0 Å². The quantitative estimate of drug-likeness (QED) is 0.710. The summed E-state index contributed by atoms with van der Waals surface area (Å²) in [6.07, 6.45) is 5.52. The van der Waals surface area contributed by atoms with Gasteiger partial charge in [-0.3, -0.25) is 4.90 Å². The number of benzene rings is 1. The number of rotatable bonds is 5. The topological polar surface area (TPSA) is 66.2 Å². The predicted octanol–water partition coefficient (Wildman–Crippen LogP) is 3.33. The first-order valence-electron chi connectivity index (χ1n) is 9.42. The van der Waals surface area contributed by atoms with Gasteiger partial charge in [0.15, 0.2) is 11.6 Å². The van der Waals surface area contributed by atoms with E-state index in [1.54, 1.807) is 4.57 Å². The normalized spacial score (nSPS) is 17.2. The van der Waals surface area contributed by atoms with Crippen molar-refractivity contribution in [3.63, 3.8) is 0 Å². The molecule has 0 aliphatic carbocycles. The minimum absolute atomic E-state index is 0.209. The molecule has 2 N–H and O–H groups in total. The van der Waals surface area contributed by atoms with Gasteiger partial charge in [0.1, 0.15) is 0 Å². The number of hydrogen-bond acceptors (Lipinski definition) is 5. The van der Waals surface area contributed by atoms with Crippen molar-refractivity contribution in [1.82, 2.24) is 19.4 Å². The molecule has 0 bridgehead atoms. The Kier molecular flexibility index (Phi) is 5.11.